The predicted molar refractivity (Wildman–Crippen MR) is 29.1 cm³/mol. The van der Waals surface area contributed by atoms with Crippen molar-refractivity contribution in [2.45, 2.75) is 0 Å². The fourth-order valence-electron chi connectivity index (χ4n) is 0. The minimum atomic E-state index is -3.58. The van der Waals surface area contributed by atoms with Gasteiger partial charge in [-0.2, -0.15) is 0 Å². The number of hydrogen-bond donors (Lipinski definition) is 2. The molecule has 0 amide bonds. The Bertz CT molecular complexity index is 44.7. The summed E-state index contributed by atoms with van der Waals surface area (Å²) in [7, 11) is 0. The van der Waals surface area contributed by atoms with Crippen LogP contribution in [0, 0.1) is 0 Å². The molecule has 0 spiro atoms. The third kappa shape index (κ3) is 150. The molecule has 0 rings (SSSR count). The Morgan fingerprint density at radius 3 is 1.33 bits per heavy atom. The van der Waals surface area contributed by atoms with Crippen LogP contribution in [0.5, 0.6) is 0 Å². The summed E-state index contributed by atoms with van der Waals surface area (Å²) in [6.07, 6.45) is -3.58. The van der Waals surface area contributed by atoms with Crippen LogP contribution in [-0.2, 0) is 0 Å². The first kappa shape index (κ1) is 6.64. The molecule has 0 saturated heterocycles. The van der Waals surface area contributed by atoms with E-state index in [0.717, 1.165) is 0 Å². The molecular weight excluding hydrogens is 122 g/mol. The van der Waals surface area contributed by atoms with Crippen LogP contribution in [0.3, 0.4) is 0 Å². The van der Waals surface area contributed by atoms with Crippen LogP contribution in [0.2, 0.25) is 0 Å². The molecule has 0 saturated carbocycles. The minimum absolute atomic E-state index is 1.22. The van der Waals surface area contributed by atoms with Gasteiger partial charge in [0.25, 0.3) is 0 Å². The Labute approximate surface area is 41.6 Å². The van der Waals surface area contributed by atoms with Gasteiger partial charge in [-0.25, -0.2) is 0 Å². The average Bonchev–Trinajstić information content (AvgIpc) is 0.650. The molecule has 0 unspecified atom stereocenters. The summed E-state index contributed by atoms with van der Waals surface area (Å²) in [5, 5.41) is 0. The van der Waals surface area contributed by atoms with E-state index in [1.54, 1.807) is 0 Å². The van der Waals surface area contributed by atoms with Crippen molar-refractivity contribution in [3.63, 3.8) is 0 Å². The summed E-state index contributed by atoms with van der Waals surface area (Å²) in [5.41, 5.74) is 0. The number of rotatable bonds is 0. The van der Waals surface area contributed by atoms with Crippen molar-refractivity contribution in [2.75, 3.05) is 13.3 Å². The zero-order chi connectivity index (χ0) is 5.45. The van der Waals surface area contributed by atoms with Crippen LogP contribution in [0.15, 0.2) is 0 Å². The summed E-state index contributed by atoms with van der Waals surface area (Å²) in [4.78, 5) is 16.9. The van der Waals surface area contributed by atoms with Crippen molar-refractivity contribution in [3.8, 4) is 0 Å². The van der Waals surface area contributed by atoms with E-state index in [-0.39, 0.29) is 0 Å². The van der Waals surface area contributed by atoms with E-state index in [1.807, 2.05) is 0 Å². The molecule has 2 N–H and O–H groups in total. The summed E-state index contributed by atoms with van der Waals surface area (Å²) in [6, 6.07) is 0. The van der Waals surface area contributed by atoms with E-state index in [0.29, 0.717) is 0 Å². The third-order valence-corrected chi connectivity index (χ3v) is 0. The van der Waals surface area contributed by atoms with Gasteiger partial charge in [0.05, 0.1) is 0 Å². The molecule has 0 aromatic carbocycles. The molecular formula is C2H8ClO2P. The average molecular weight is 131 g/mol. The van der Waals surface area contributed by atoms with Gasteiger partial charge in [0.15, 0.2) is 0 Å². The zero-order valence-corrected chi connectivity index (χ0v) is 5.37. The van der Waals surface area contributed by atoms with Crippen LogP contribution >= 0.6 is 17.7 Å². The van der Waals surface area contributed by atoms with Crippen molar-refractivity contribution in [1.82, 2.24) is 0 Å². The Kier molecular flexibility index (Phi) is 1.19. The second-order valence-corrected chi connectivity index (χ2v) is 8.41. The van der Waals surface area contributed by atoms with E-state index < -0.39 is 6.41 Å². The molecule has 0 aliphatic carbocycles. The monoisotopic (exact) mass is 130 g/mol. The quantitative estimate of drug-likeness (QED) is 0.476. The summed E-state index contributed by atoms with van der Waals surface area (Å²) in [6.45, 7) is 2.43. The molecule has 0 atom stereocenters. The SMILES string of the molecule is CP(C)(O)(O)Cl. The molecule has 2 nitrogen and oxygen atoms in total. The second-order valence-electron chi connectivity index (χ2n) is 1.83. The van der Waals surface area contributed by atoms with Crippen LogP contribution < -0.4 is 0 Å². The van der Waals surface area contributed by atoms with E-state index >= 15 is 0 Å². The van der Waals surface area contributed by atoms with Gasteiger partial charge in [-0.3, -0.25) is 0 Å². The first-order chi connectivity index (χ1) is 2.24. The van der Waals surface area contributed by atoms with Gasteiger partial charge >= 0.3 is 40.8 Å². The Morgan fingerprint density at radius 2 is 1.33 bits per heavy atom. The first-order valence-corrected chi connectivity index (χ1v) is 5.40. The maximum absolute atomic E-state index is 8.44. The predicted octanol–water partition coefficient (Wildman–Crippen LogP) is 0.768. The van der Waals surface area contributed by atoms with Gasteiger partial charge in [0.1, 0.15) is 0 Å². The molecule has 0 radical (unpaired) electrons. The Hall–Kier alpha value is 0.640. The van der Waals surface area contributed by atoms with E-state index in [4.69, 9.17) is 21.0 Å². The Morgan fingerprint density at radius 1 is 1.33 bits per heavy atom. The van der Waals surface area contributed by atoms with Crippen molar-refractivity contribution in [3.05, 3.63) is 0 Å². The summed E-state index contributed by atoms with van der Waals surface area (Å²) >= 11 is 5.03. The van der Waals surface area contributed by atoms with Gasteiger partial charge in [0.2, 0.25) is 0 Å². The number of hydrogen-bond acceptors (Lipinski definition) is 2. The van der Waals surface area contributed by atoms with Crippen LogP contribution in [-0.4, -0.2) is 23.1 Å². The number of halogens is 1. The standard InChI is InChI=1S/C2H8ClO2P/c1-6(2,3,4)5/h4-5H,1-2H3. The fraction of sp³-hybridized carbons (Fsp3) is 1.00. The van der Waals surface area contributed by atoms with Crippen LogP contribution in [0.25, 0.3) is 0 Å². The third-order valence-electron chi connectivity index (χ3n) is 0. The van der Waals surface area contributed by atoms with Crippen molar-refractivity contribution in [2.24, 2.45) is 0 Å². The first-order valence-electron chi connectivity index (χ1n) is 1.46. The van der Waals surface area contributed by atoms with Gasteiger partial charge < -0.3 is 0 Å². The molecule has 40 valence electrons. The van der Waals surface area contributed by atoms with Crippen LogP contribution in [0.1, 0.15) is 0 Å². The van der Waals surface area contributed by atoms with Crippen molar-refractivity contribution in [1.29, 1.82) is 0 Å². The zero-order valence-electron chi connectivity index (χ0n) is 3.72. The van der Waals surface area contributed by atoms with Crippen LogP contribution in [0.4, 0.5) is 0 Å². The molecule has 0 bridgehead atoms. The summed E-state index contributed by atoms with van der Waals surface area (Å²) in [5.74, 6) is 0. The molecule has 0 fully saturated rings. The van der Waals surface area contributed by atoms with Gasteiger partial charge in [-0.15, -0.1) is 0 Å². The molecule has 6 heavy (non-hydrogen) atoms. The maximum atomic E-state index is 8.44. The van der Waals surface area contributed by atoms with E-state index in [9.17, 15) is 0 Å². The van der Waals surface area contributed by atoms with E-state index in [2.05, 4.69) is 0 Å². The molecule has 0 aromatic heterocycles. The van der Waals surface area contributed by atoms with Gasteiger partial charge in [-0.1, -0.05) is 0 Å². The fourth-order valence-corrected chi connectivity index (χ4v) is 0. The molecule has 0 aliphatic rings. The van der Waals surface area contributed by atoms with Gasteiger partial charge in [-0.05, 0) is 0 Å². The van der Waals surface area contributed by atoms with Crippen molar-refractivity contribution >= 4 is 17.7 Å². The Balaban J connectivity index is 3.73. The topological polar surface area (TPSA) is 40.5 Å². The second kappa shape index (κ2) is 1.07. The normalized spacial score (nSPS) is 19.2. The molecule has 0 aromatic rings. The van der Waals surface area contributed by atoms with Crippen molar-refractivity contribution < 1.29 is 9.79 Å². The molecule has 0 heterocycles. The molecule has 4 heteroatoms. The molecule has 0 aliphatic heterocycles. The van der Waals surface area contributed by atoms with Gasteiger partial charge in [0, 0.05) is 0 Å². The van der Waals surface area contributed by atoms with E-state index in [1.165, 1.54) is 13.3 Å². The summed E-state index contributed by atoms with van der Waals surface area (Å²) < 4.78 is 0.